The highest BCUT2D eigenvalue weighted by Crippen LogP contribution is 2.17. The standard InChI is InChI=1S/C29H34N6O5.CH4/c1-29(2,30)27(37)32-24(19-39-17-21-7-4-3-5-8-21)26-34-33-25-12-11-22(16-35(25)26)18-40-28(38)31-14-13-20-9-6-10-23(36)15-20;/h3-12,15-16,24,36H,13-14,17-19,30H2,1-2H3,(H,31,38)(H,32,37);1H4/t24-;/m1./s1. The molecule has 0 saturated heterocycles. The molecule has 1 atom stereocenters. The predicted molar refractivity (Wildman–Crippen MR) is 155 cm³/mol. The predicted octanol–water partition coefficient (Wildman–Crippen LogP) is 3.65. The second kappa shape index (κ2) is 14.2. The van der Waals surface area contributed by atoms with Gasteiger partial charge in [-0.3, -0.25) is 9.20 Å². The average molecular weight is 563 g/mol. The van der Waals surface area contributed by atoms with E-state index >= 15 is 0 Å². The summed E-state index contributed by atoms with van der Waals surface area (Å²) in [6.07, 6.45) is 1.75. The van der Waals surface area contributed by atoms with E-state index < -0.39 is 17.7 Å². The number of phenolic OH excluding ortho intramolecular Hbond substituents is 1. The maximum atomic E-state index is 12.8. The summed E-state index contributed by atoms with van der Waals surface area (Å²) in [4.78, 5) is 25.0. The Morgan fingerprint density at radius 1 is 1.00 bits per heavy atom. The Morgan fingerprint density at radius 3 is 2.49 bits per heavy atom. The third-order valence-electron chi connectivity index (χ3n) is 6.05. The van der Waals surface area contributed by atoms with Crippen molar-refractivity contribution in [3.8, 4) is 5.75 Å². The molecule has 11 nitrogen and oxygen atoms in total. The summed E-state index contributed by atoms with van der Waals surface area (Å²) >= 11 is 0. The summed E-state index contributed by atoms with van der Waals surface area (Å²) in [5.41, 5.74) is 8.07. The van der Waals surface area contributed by atoms with Crippen LogP contribution >= 0.6 is 0 Å². The van der Waals surface area contributed by atoms with Crippen LogP contribution in [0.5, 0.6) is 5.75 Å². The summed E-state index contributed by atoms with van der Waals surface area (Å²) in [6, 6.07) is 19.5. The molecule has 0 aliphatic rings. The highest BCUT2D eigenvalue weighted by molar-refractivity contribution is 5.85. The van der Waals surface area contributed by atoms with Crippen molar-refractivity contribution >= 4 is 17.6 Å². The van der Waals surface area contributed by atoms with Crippen LogP contribution in [0.3, 0.4) is 0 Å². The van der Waals surface area contributed by atoms with Crippen LogP contribution in [0.4, 0.5) is 4.79 Å². The first kappa shape index (κ1) is 31.1. The number of nitrogens with zero attached hydrogens (tertiary/aromatic N) is 3. The van der Waals surface area contributed by atoms with E-state index in [2.05, 4.69) is 20.8 Å². The molecule has 41 heavy (non-hydrogen) atoms. The molecule has 2 amide bonds. The van der Waals surface area contributed by atoms with E-state index in [0.29, 0.717) is 36.6 Å². The van der Waals surface area contributed by atoms with Crippen LogP contribution in [0, 0.1) is 0 Å². The minimum Gasteiger partial charge on any atom is -0.508 e. The first-order valence-electron chi connectivity index (χ1n) is 12.9. The van der Waals surface area contributed by atoms with Gasteiger partial charge in [-0.25, -0.2) is 4.79 Å². The molecule has 11 heteroatoms. The first-order valence-corrected chi connectivity index (χ1v) is 12.9. The lowest BCUT2D eigenvalue weighted by molar-refractivity contribution is -0.126. The highest BCUT2D eigenvalue weighted by Gasteiger charge is 2.28. The van der Waals surface area contributed by atoms with Crippen molar-refractivity contribution < 1.29 is 24.2 Å². The molecular weight excluding hydrogens is 524 g/mol. The fraction of sp³-hybridized carbons (Fsp3) is 0.333. The molecule has 4 rings (SSSR count). The zero-order valence-electron chi connectivity index (χ0n) is 22.5. The number of hydrogen-bond donors (Lipinski definition) is 4. The number of hydrogen-bond acceptors (Lipinski definition) is 8. The smallest absolute Gasteiger partial charge is 0.407 e. The van der Waals surface area contributed by atoms with Gasteiger partial charge >= 0.3 is 6.09 Å². The number of rotatable bonds is 12. The number of ether oxygens (including phenoxy) is 2. The third kappa shape index (κ3) is 9.02. The fourth-order valence-electron chi connectivity index (χ4n) is 3.89. The van der Waals surface area contributed by atoms with E-state index in [4.69, 9.17) is 15.2 Å². The summed E-state index contributed by atoms with van der Waals surface area (Å²) in [5, 5.41) is 23.7. The van der Waals surface area contributed by atoms with Gasteiger partial charge in [-0.15, -0.1) is 10.2 Å². The molecule has 4 aromatic rings. The van der Waals surface area contributed by atoms with Gasteiger partial charge in [-0.05, 0) is 49.6 Å². The van der Waals surface area contributed by atoms with Crippen LogP contribution in [-0.2, 0) is 33.9 Å². The minimum atomic E-state index is -1.11. The Labute approximate surface area is 239 Å². The Hall–Kier alpha value is -4.48. The molecule has 218 valence electrons. The summed E-state index contributed by atoms with van der Waals surface area (Å²) < 4.78 is 13.0. The van der Waals surface area contributed by atoms with E-state index in [1.165, 1.54) is 0 Å². The highest BCUT2D eigenvalue weighted by atomic mass is 16.5. The van der Waals surface area contributed by atoms with Crippen molar-refractivity contribution in [3.63, 3.8) is 0 Å². The molecule has 0 unspecified atom stereocenters. The van der Waals surface area contributed by atoms with Gasteiger partial charge in [-0.2, -0.15) is 0 Å². The lowest BCUT2D eigenvalue weighted by Crippen LogP contribution is -2.50. The summed E-state index contributed by atoms with van der Waals surface area (Å²) in [6.45, 7) is 4.11. The quantitative estimate of drug-likeness (QED) is 0.204. The van der Waals surface area contributed by atoms with Crippen molar-refractivity contribution in [2.75, 3.05) is 13.2 Å². The van der Waals surface area contributed by atoms with Gasteiger partial charge in [0, 0.05) is 18.3 Å². The van der Waals surface area contributed by atoms with Crippen molar-refractivity contribution in [1.29, 1.82) is 0 Å². The number of pyridine rings is 1. The topological polar surface area (TPSA) is 153 Å². The normalized spacial score (nSPS) is 11.9. The molecule has 0 spiro atoms. The van der Waals surface area contributed by atoms with Crippen molar-refractivity contribution in [2.24, 2.45) is 5.73 Å². The number of nitrogens with one attached hydrogen (secondary N) is 2. The molecule has 0 bridgehead atoms. The molecule has 2 aromatic carbocycles. The van der Waals surface area contributed by atoms with E-state index in [-0.39, 0.29) is 32.3 Å². The van der Waals surface area contributed by atoms with E-state index in [0.717, 1.165) is 11.1 Å². The van der Waals surface area contributed by atoms with Crippen molar-refractivity contribution in [2.45, 2.75) is 52.5 Å². The Balaban J connectivity index is 0.00000462. The number of nitrogens with two attached hydrogens (primary N) is 1. The Bertz CT molecular complexity index is 1430. The van der Waals surface area contributed by atoms with Gasteiger partial charge in [0.05, 0.1) is 18.8 Å². The second-order valence-corrected chi connectivity index (χ2v) is 10.00. The van der Waals surface area contributed by atoms with Gasteiger partial charge in [0.15, 0.2) is 11.5 Å². The third-order valence-corrected chi connectivity index (χ3v) is 6.05. The molecule has 0 radical (unpaired) electrons. The van der Waals surface area contributed by atoms with Gasteiger partial charge in [0.25, 0.3) is 0 Å². The number of alkyl carbamates (subject to hydrolysis) is 1. The Kier molecular flexibility index (Phi) is 10.8. The molecular formula is C30H38N6O5. The molecule has 0 aliphatic heterocycles. The van der Waals surface area contributed by atoms with E-state index in [1.54, 1.807) is 54.8 Å². The zero-order chi connectivity index (χ0) is 28.5. The number of carbonyl (C=O) groups excluding carboxylic acids is 2. The molecule has 0 saturated carbocycles. The van der Waals surface area contributed by atoms with E-state index in [9.17, 15) is 14.7 Å². The van der Waals surface area contributed by atoms with Crippen LogP contribution in [0.1, 0.15) is 49.8 Å². The van der Waals surface area contributed by atoms with Crippen LogP contribution in [-0.4, -0.2) is 50.4 Å². The summed E-state index contributed by atoms with van der Waals surface area (Å²) in [5.74, 6) is 0.276. The van der Waals surface area contributed by atoms with Crippen molar-refractivity contribution in [3.05, 3.63) is 95.4 Å². The minimum absolute atomic E-state index is 0. The maximum Gasteiger partial charge on any atom is 0.407 e. The maximum absolute atomic E-state index is 12.8. The number of carbonyl (C=O) groups is 2. The summed E-state index contributed by atoms with van der Waals surface area (Å²) in [7, 11) is 0. The first-order chi connectivity index (χ1) is 19.2. The number of aromatic nitrogens is 3. The zero-order valence-corrected chi connectivity index (χ0v) is 22.5. The monoisotopic (exact) mass is 562 g/mol. The average Bonchev–Trinajstić information content (AvgIpc) is 3.34. The van der Waals surface area contributed by atoms with Crippen LogP contribution in [0.2, 0.25) is 0 Å². The largest absolute Gasteiger partial charge is 0.508 e. The number of fused-ring (bicyclic) bond motifs is 1. The molecule has 2 heterocycles. The molecule has 2 aromatic heterocycles. The number of benzene rings is 2. The fourth-order valence-corrected chi connectivity index (χ4v) is 3.89. The Morgan fingerprint density at radius 2 is 1.76 bits per heavy atom. The van der Waals surface area contributed by atoms with Crippen LogP contribution < -0.4 is 16.4 Å². The lowest BCUT2D eigenvalue weighted by Gasteiger charge is -2.23. The molecule has 5 N–H and O–H groups in total. The number of aromatic hydroxyl groups is 1. The second-order valence-electron chi connectivity index (χ2n) is 10.00. The van der Waals surface area contributed by atoms with Gasteiger partial charge in [-0.1, -0.05) is 56.0 Å². The number of phenols is 1. The SMILES string of the molecule is C.CC(C)(N)C(=O)N[C@H](COCc1ccccc1)c1nnc2ccc(COC(=O)NCCc3cccc(O)c3)cn12. The number of amides is 2. The van der Waals surface area contributed by atoms with Crippen LogP contribution in [0.15, 0.2) is 72.9 Å². The van der Waals surface area contributed by atoms with Gasteiger partial charge in [0.2, 0.25) is 5.91 Å². The van der Waals surface area contributed by atoms with Gasteiger partial charge < -0.3 is 30.9 Å². The van der Waals surface area contributed by atoms with E-state index in [1.807, 2.05) is 36.4 Å². The molecule has 0 aliphatic carbocycles. The molecule has 0 fully saturated rings. The van der Waals surface area contributed by atoms with Crippen molar-refractivity contribution in [1.82, 2.24) is 25.2 Å². The van der Waals surface area contributed by atoms with Crippen LogP contribution in [0.25, 0.3) is 5.65 Å². The lowest BCUT2D eigenvalue weighted by atomic mass is 10.1. The van der Waals surface area contributed by atoms with Gasteiger partial charge in [0.1, 0.15) is 18.4 Å².